The minimum absolute atomic E-state index is 0.336. The minimum Gasteiger partial charge on any atom is -0.343 e. The second-order valence-corrected chi connectivity index (χ2v) is 7.01. The molecule has 3 nitrogen and oxygen atoms in total. The van der Waals surface area contributed by atoms with Gasteiger partial charge in [0.1, 0.15) is 0 Å². The van der Waals surface area contributed by atoms with Crippen molar-refractivity contribution in [3.63, 3.8) is 0 Å². The second-order valence-electron chi connectivity index (χ2n) is 4.59. The summed E-state index contributed by atoms with van der Waals surface area (Å²) < 4.78 is 0. The number of amides is 1. The molecule has 0 radical (unpaired) electrons. The van der Waals surface area contributed by atoms with Crippen molar-refractivity contribution in [2.24, 2.45) is 0 Å². The van der Waals surface area contributed by atoms with E-state index in [1.165, 1.54) is 24.1 Å². The van der Waals surface area contributed by atoms with Gasteiger partial charge in [-0.25, -0.2) is 4.98 Å². The zero-order chi connectivity index (χ0) is 12.8. The molecule has 0 aliphatic carbocycles. The van der Waals surface area contributed by atoms with Crippen LogP contribution >= 0.6 is 23.1 Å². The number of aryl methyl sites for hydroxylation is 1. The van der Waals surface area contributed by atoms with E-state index in [0.717, 1.165) is 29.6 Å². The van der Waals surface area contributed by atoms with Crippen LogP contribution in [0.25, 0.3) is 0 Å². The zero-order valence-corrected chi connectivity index (χ0v) is 12.5. The van der Waals surface area contributed by atoms with Crippen LogP contribution in [0.4, 0.5) is 0 Å². The summed E-state index contributed by atoms with van der Waals surface area (Å²) in [5.74, 6) is 2.24. The molecule has 1 saturated heterocycles. The molecular formula is C13H20N2OS2. The van der Waals surface area contributed by atoms with Gasteiger partial charge in [-0.1, -0.05) is 0 Å². The molecule has 1 aliphatic rings. The number of piperidine rings is 1. The Morgan fingerprint density at radius 1 is 1.44 bits per heavy atom. The summed E-state index contributed by atoms with van der Waals surface area (Å²) in [6.07, 6.45) is 6.27. The Hall–Kier alpha value is -0.550. The quantitative estimate of drug-likeness (QED) is 0.779. The van der Waals surface area contributed by atoms with Gasteiger partial charge in [-0.3, -0.25) is 4.79 Å². The first-order valence-corrected chi connectivity index (χ1v) is 8.49. The maximum Gasteiger partial charge on any atom is 0.223 e. The number of likely N-dealkylation sites (tertiary alicyclic amines) is 1. The van der Waals surface area contributed by atoms with Crippen molar-refractivity contribution in [3.8, 4) is 0 Å². The number of hydrogen-bond acceptors (Lipinski definition) is 4. The summed E-state index contributed by atoms with van der Waals surface area (Å²) in [4.78, 5) is 19.5. The van der Waals surface area contributed by atoms with Gasteiger partial charge >= 0.3 is 0 Å². The highest BCUT2D eigenvalue weighted by Gasteiger charge is 2.15. The number of carbonyl (C=O) groups is 1. The van der Waals surface area contributed by atoms with E-state index in [4.69, 9.17) is 0 Å². The molecule has 0 N–H and O–H groups in total. The van der Waals surface area contributed by atoms with Gasteiger partial charge in [0.2, 0.25) is 5.91 Å². The summed E-state index contributed by atoms with van der Waals surface area (Å²) in [5.41, 5.74) is 0. The van der Waals surface area contributed by atoms with Gasteiger partial charge in [-0.05, 0) is 26.2 Å². The third-order valence-electron chi connectivity index (χ3n) is 3.08. The van der Waals surface area contributed by atoms with E-state index in [9.17, 15) is 4.79 Å². The Morgan fingerprint density at radius 3 is 2.89 bits per heavy atom. The number of rotatable bonds is 5. The molecular weight excluding hydrogens is 264 g/mol. The Bertz CT molecular complexity index is 386. The molecule has 0 saturated carbocycles. The van der Waals surface area contributed by atoms with Crippen molar-refractivity contribution in [1.29, 1.82) is 0 Å². The summed E-state index contributed by atoms with van der Waals surface area (Å²) in [5, 5.41) is 1.12. The third-order valence-corrected chi connectivity index (χ3v) is 5.19. The molecule has 0 aromatic carbocycles. The number of nitrogens with zero attached hydrogens (tertiary/aromatic N) is 2. The van der Waals surface area contributed by atoms with Crippen LogP contribution in [0.3, 0.4) is 0 Å². The van der Waals surface area contributed by atoms with Crippen LogP contribution in [-0.2, 0) is 10.5 Å². The molecule has 18 heavy (non-hydrogen) atoms. The SMILES string of the molecule is Cc1ncc(CSCCC(=O)N2CCCCC2)s1. The fourth-order valence-corrected chi connectivity index (χ4v) is 3.92. The Labute approximate surface area is 117 Å². The maximum atomic E-state index is 11.9. The van der Waals surface area contributed by atoms with Crippen molar-refractivity contribution < 1.29 is 4.79 Å². The summed E-state index contributed by atoms with van der Waals surface area (Å²) in [6, 6.07) is 0. The average molecular weight is 284 g/mol. The van der Waals surface area contributed by atoms with Crippen molar-refractivity contribution in [3.05, 3.63) is 16.1 Å². The lowest BCUT2D eigenvalue weighted by Gasteiger charge is -2.26. The third kappa shape index (κ3) is 4.28. The zero-order valence-electron chi connectivity index (χ0n) is 10.9. The van der Waals surface area contributed by atoms with E-state index >= 15 is 0 Å². The van der Waals surface area contributed by atoms with E-state index in [0.29, 0.717) is 12.3 Å². The molecule has 1 aromatic heterocycles. The topological polar surface area (TPSA) is 33.2 Å². The number of hydrogen-bond donors (Lipinski definition) is 0. The predicted octanol–water partition coefficient (Wildman–Crippen LogP) is 3.09. The van der Waals surface area contributed by atoms with Crippen molar-refractivity contribution in [2.75, 3.05) is 18.8 Å². The van der Waals surface area contributed by atoms with E-state index in [1.54, 1.807) is 11.3 Å². The van der Waals surface area contributed by atoms with Crippen LogP contribution in [0.15, 0.2) is 6.20 Å². The fourth-order valence-electron chi connectivity index (χ4n) is 2.11. The van der Waals surface area contributed by atoms with Crippen LogP contribution in [0.1, 0.15) is 35.6 Å². The smallest absolute Gasteiger partial charge is 0.223 e. The lowest BCUT2D eigenvalue weighted by atomic mass is 10.1. The number of carbonyl (C=O) groups excluding carboxylic acids is 1. The molecule has 2 rings (SSSR count). The second kappa shape index (κ2) is 7.14. The average Bonchev–Trinajstić information content (AvgIpc) is 2.81. The largest absolute Gasteiger partial charge is 0.343 e. The molecule has 2 heterocycles. The molecule has 1 aromatic rings. The summed E-state index contributed by atoms with van der Waals surface area (Å²) in [7, 11) is 0. The standard InChI is InChI=1S/C13H20N2OS2/c1-11-14-9-12(18-11)10-17-8-5-13(16)15-6-3-2-4-7-15/h9H,2-8,10H2,1H3. The van der Waals surface area contributed by atoms with Crippen molar-refractivity contribution in [2.45, 2.75) is 38.4 Å². The lowest BCUT2D eigenvalue weighted by molar-refractivity contribution is -0.131. The first kappa shape index (κ1) is 13.9. The number of thioether (sulfide) groups is 1. The van der Waals surface area contributed by atoms with Gasteiger partial charge in [0.15, 0.2) is 0 Å². The van der Waals surface area contributed by atoms with E-state index in [1.807, 2.05) is 29.8 Å². The lowest BCUT2D eigenvalue weighted by Crippen LogP contribution is -2.35. The first-order chi connectivity index (χ1) is 8.75. The molecule has 0 spiro atoms. The van der Waals surface area contributed by atoms with Crippen LogP contribution in [-0.4, -0.2) is 34.6 Å². The fraction of sp³-hybridized carbons (Fsp3) is 0.692. The van der Waals surface area contributed by atoms with Gasteiger partial charge in [-0.2, -0.15) is 11.8 Å². The molecule has 100 valence electrons. The van der Waals surface area contributed by atoms with Crippen LogP contribution in [0.2, 0.25) is 0 Å². The number of thiazole rings is 1. The van der Waals surface area contributed by atoms with Crippen molar-refractivity contribution in [1.82, 2.24) is 9.88 Å². The molecule has 0 atom stereocenters. The molecule has 1 amide bonds. The molecule has 0 bridgehead atoms. The minimum atomic E-state index is 0.336. The Balaban J connectivity index is 1.61. The van der Waals surface area contributed by atoms with E-state index in [-0.39, 0.29) is 0 Å². The first-order valence-electron chi connectivity index (χ1n) is 6.52. The van der Waals surface area contributed by atoms with E-state index < -0.39 is 0 Å². The molecule has 1 fully saturated rings. The van der Waals surface area contributed by atoms with Gasteiger partial charge < -0.3 is 4.90 Å². The van der Waals surface area contributed by atoms with Gasteiger partial charge in [-0.15, -0.1) is 11.3 Å². The monoisotopic (exact) mass is 284 g/mol. The van der Waals surface area contributed by atoms with Crippen LogP contribution in [0.5, 0.6) is 0 Å². The highest BCUT2D eigenvalue weighted by atomic mass is 32.2. The molecule has 1 aliphatic heterocycles. The maximum absolute atomic E-state index is 11.9. The normalized spacial score (nSPS) is 15.9. The molecule has 0 unspecified atom stereocenters. The van der Waals surface area contributed by atoms with Crippen LogP contribution < -0.4 is 0 Å². The summed E-state index contributed by atoms with van der Waals surface area (Å²) >= 11 is 3.58. The van der Waals surface area contributed by atoms with Crippen molar-refractivity contribution >= 4 is 29.0 Å². The van der Waals surface area contributed by atoms with Gasteiger partial charge in [0.25, 0.3) is 0 Å². The van der Waals surface area contributed by atoms with Crippen LogP contribution in [0, 0.1) is 6.92 Å². The van der Waals surface area contributed by atoms with Gasteiger partial charge in [0.05, 0.1) is 5.01 Å². The highest BCUT2D eigenvalue weighted by molar-refractivity contribution is 7.98. The number of aromatic nitrogens is 1. The highest BCUT2D eigenvalue weighted by Crippen LogP contribution is 2.19. The Morgan fingerprint density at radius 2 is 2.22 bits per heavy atom. The summed E-state index contributed by atoms with van der Waals surface area (Å²) in [6.45, 7) is 3.97. The van der Waals surface area contributed by atoms with Gasteiger partial charge in [0, 0.05) is 42.1 Å². The Kier molecular flexibility index (Phi) is 5.50. The molecule has 5 heteroatoms. The van der Waals surface area contributed by atoms with E-state index in [2.05, 4.69) is 4.98 Å². The predicted molar refractivity (Wildman–Crippen MR) is 78.1 cm³/mol.